The minimum atomic E-state index is -0.269. The van der Waals surface area contributed by atoms with Crippen LogP contribution >= 0.6 is 11.3 Å². The summed E-state index contributed by atoms with van der Waals surface area (Å²) in [5.74, 6) is 1.32. The van der Waals surface area contributed by atoms with Crippen molar-refractivity contribution in [2.45, 2.75) is 13.0 Å². The first-order chi connectivity index (χ1) is 13.7. The monoisotopic (exact) mass is 393 g/mol. The highest BCUT2D eigenvalue weighted by Crippen LogP contribution is 2.27. The Hall–Kier alpha value is -3.46. The van der Waals surface area contributed by atoms with Crippen LogP contribution in [-0.4, -0.2) is 24.9 Å². The van der Waals surface area contributed by atoms with Gasteiger partial charge in [0.1, 0.15) is 17.5 Å². The van der Waals surface area contributed by atoms with E-state index in [1.165, 1.54) is 23.5 Å². The molecule has 0 aliphatic heterocycles. The Morgan fingerprint density at radius 2 is 1.86 bits per heavy atom. The maximum absolute atomic E-state index is 13.2. The van der Waals surface area contributed by atoms with E-state index in [0.717, 1.165) is 16.1 Å². The first-order valence-corrected chi connectivity index (χ1v) is 9.38. The zero-order valence-electron chi connectivity index (χ0n) is 14.9. The molecule has 0 aliphatic rings. The van der Waals surface area contributed by atoms with Crippen molar-refractivity contribution in [2.24, 2.45) is 0 Å². The molecule has 140 valence electrons. The molecule has 0 fully saturated rings. The number of nitrogens with one attached hydrogen (secondary N) is 2. The van der Waals surface area contributed by atoms with Crippen LogP contribution in [0.5, 0.6) is 0 Å². The summed E-state index contributed by atoms with van der Waals surface area (Å²) in [6.07, 6.45) is 6.57. The number of hydrogen-bond acceptors (Lipinski definition) is 8. The number of anilines is 3. The highest BCUT2D eigenvalue weighted by atomic mass is 32.1. The topological polar surface area (TPSA) is 88.5 Å². The van der Waals surface area contributed by atoms with E-state index in [-0.39, 0.29) is 11.9 Å². The van der Waals surface area contributed by atoms with Crippen LogP contribution in [0, 0.1) is 5.82 Å². The molecule has 0 saturated heterocycles. The number of rotatable bonds is 6. The molecule has 28 heavy (non-hydrogen) atoms. The van der Waals surface area contributed by atoms with Crippen LogP contribution < -0.4 is 10.6 Å². The predicted molar refractivity (Wildman–Crippen MR) is 107 cm³/mol. The average molecular weight is 393 g/mol. The van der Waals surface area contributed by atoms with Gasteiger partial charge >= 0.3 is 0 Å². The Bertz CT molecular complexity index is 1040. The first kappa shape index (κ1) is 17.9. The highest BCUT2D eigenvalue weighted by molar-refractivity contribution is 7.13. The molecule has 1 aromatic carbocycles. The third-order valence-electron chi connectivity index (χ3n) is 3.95. The van der Waals surface area contributed by atoms with Crippen molar-refractivity contribution in [1.82, 2.24) is 24.9 Å². The fourth-order valence-electron chi connectivity index (χ4n) is 2.57. The lowest BCUT2D eigenvalue weighted by Gasteiger charge is -2.16. The minimum absolute atomic E-state index is 0.110. The maximum atomic E-state index is 13.2. The predicted octanol–water partition coefficient (Wildman–Crippen LogP) is 4.45. The van der Waals surface area contributed by atoms with Gasteiger partial charge in [-0.05, 0) is 24.6 Å². The molecule has 0 spiro atoms. The second-order valence-corrected chi connectivity index (χ2v) is 6.85. The lowest BCUT2D eigenvalue weighted by Crippen LogP contribution is -2.11. The van der Waals surface area contributed by atoms with E-state index in [9.17, 15) is 4.39 Å². The molecule has 3 heterocycles. The first-order valence-electron chi connectivity index (χ1n) is 8.50. The summed E-state index contributed by atoms with van der Waals surface area (Å²) in [6, 6.07) is 8.06. The Kier molecular flexibility index (Phi) is 5.16. The maximum Gasteiger partial charge on any atom is 0.225 e. The van der Waals surface area contributed by atoms with Crippen molar-refractivity contribution in [1.29, 1.82) is 0 Å². The van der Waals surface area contributed by atoms with E-state index >= 15 is 0 Å². The molecule has 4 aromatic rings. The Morgan fingerprint density at radius 3 is 2.57 bits per heavy atom. The largest absolute Gasteiger partial charge is 0.348 e. The van der Waals surface area contributed by atoms with Crippen LogP contribution in [0.25, 0.3) is 10.6 Å². The van der Waals surface area contributed by atoms with E-state index in [1.807, 2.05) is 13.0 Å². The normalized spacial score (nSPS) is 11.8. The smallest absolute Gasteiger partial charge is 0.225 e. The van der Waals surface area contributed by atoms with Gasteiger partial charge in [-0.1, -0.05) is 12.1 Å². The Balaban J connectivity index is 1.64. The molecule has 0 bridgehead atoms. The van der Waals surface area contributed by atoms with Gasteiger partial charge in [0, 0.05) is 24.7 Å². The molecule has 3 aromatic heterocycles. The van der Waals surface area contributed by atoms with Gasteiger partial charge in [0.05, 0.1) is 28.3 Å². The van der Waals surface area contributed by atoms with Gasteiger partial charge in [-0.2, -0.15) is 4.98 Å². The number of benzene rings is 1. The third-order valence-corrected chi connectivity index (χ3v) is 4.74. The second-order valence-electron chi connectivity index (χ2n) is 5.96. The van der Waals surface area contributed by atoms with Crippen molar-refractivity contribution in [3.63, 3.8) is 0 Å². The molecule has 1 unspecified atom stereocenters. The molecule has 0 amide bonds. The summed E-state index contributed by atoms with van der Waals surface area (Å²) in [5.41, 5.74) is 3.41. The quantitative estimate of drug-likeness (QED) is 0.500. The van der Waals surface area contributed by atoms with Crippen molar-refractivity contribution in [2.75, 3.05) is 10.6 Å². The SMILES string of the molecule is CC(Nc1nc(Nc2cnccn2)cc(-c2cncs2)n1)c1ccc(F)cc1. The molecular formula is C19H16FN7S. The third kappa shape index (κ3) is 4.26. The van der Waals surface area contributed by atoms with Crippen molar-refractivity contribution >= 4 is 28.9 Å². The minimum Gasteiger partial charge on any atom is -0.348 e. The molecule has 2 N–H and O–H groups in total. The van der Waals surface area contributed by atoms with Gasteiger partial charge in [0.2, 0.25) is 5.95 Å². The summed E-state index contributed by atoms with van der Waals surface area (Å²) in [4.78, 5) is 22.4. The molecule has 0 radical (unpaired) electrons. The van der Waals surface area contributed by atoms with Crippen molar-refractivity contribution in [3.8, 4) is 10.6 Å². The zero-order valence-corrected chi connectivity index (χ0v) is 15.7. The number of halogens is 1. The van der Waals surface area contributed by atoms with Crippen LogP contribution in [0.15, 0.2) is 60.6 Å². The molecule has 4 rings (SSSR count). The highest BCUT2D eigenvalue weighted by Gasteiger charge is 2.12. The summed E-state index contributed by atoms with van der Waals surface area (Å²) in [5, 5.41) is 6.41. The van der Waals surface area contributed by atoms with E-state index in [4.69, 9.17) is 0 Å². The molecular weight excluding hydrogens is 377 g/mol. The molecule has 1 atom stereocenters. The van der Waals surface area contributed by atoms with Crippen molar-refractivity contribution < 1.29 is 4.39 Å². The van der Waals surface area contributed by atoms with E-state index in [2.05, 4.69) is 35.6 Å². The van der Waals surface area contributed by atoms with Crippen molar-refractivity contribution in [3.05, 3.63) is 72.0 Å². The Labute approximate surface area is 164 Å². The number of nitrogens with zero attached hydrogens (tertiary/aromatic N) is 5. The van der Waals surface area contributed by atoms with Gasteiger partial charge in [-0.25, -0.2) is 14.4 Å². The van der Waals surface area contributed by atoms with E-state index in [1.54, 1.807) is 42.4 Å². The zero-order chi connectivity index (χ0) is 19.3. The van der Waals surface area contributed by atoms with Crippen LogP contribution in [0.1, 0.15) is 18.5 Å². The van der Waals surface area contributed by atoms with Gasteiger partial charge in [0.25, 0.3) is 0 Å². The standard InChI is InChI=1S/C19H16FN7S/c1-12(13-2-4-14(20)5-3-13)24-19-25-15(16-9-22-11-28-16)8-17(27-19)26-18-10-21-6-7-23-18/h2-12H,1H3,(H2,23,24,25,26,27). The number of hydrogen-bond donors (Lipinski definition) is 2. The van der Waals surface area contributed by atoms with Crippen LogP contribution in [0.2, 0.25) is 0 Å². The summed E-state index contributed by atoms with van der Waals surface area (Å²) >= 11 is 1.49. The lowest BCUT2D eigenvalue weighted by molar-refractivity contribution is 0.626. The lowest BCUT2D eigenvalue weighted by atomic mass is 10.1. The molecule has 7 nitrogen and oxygen atoms in total. The van der Waals surface area contributed by atoms with E-state index < -0.39 is 0 Å². The summed E-state index contributed by atoms with van der Waals surface area (Å²) in [7, 11) is 0. The van der Waals surface area contributed by atoms with Gasteiger partial charge < -0.3 is 10.6 Å². The summed E-state index contributed by atoms with van der Waals surface area (Å²) in [6.45, 7) is 1.96. The number of aromatic nitrogens is 5. The fraction of sp³-hybridized carbons (Fsp3) is 0.105. The molecule has 0 aliphatic carbocycles. The van der Waals surface area contributed by atoms with Crippen LogP contribution in [-0.2, 0) is 0 Å². The Morgan fingerprint density at radius 1 is 1.00 bits per heavy atom. The summed E-state index contributed by atoms with van der Waals surface area (Å²) < 4.78 is 13.2. The van der Waals surface area contributed by atoms with Gasteiger partial charge in [-0.15, -0.1) is 11.3 Å². The van der Waals surface area contributed by atoms with E-state index in [0.29, 0.717) is 17.6 Å². The average Bonchev–Trinajstić information content (AvgIpc) is 3.24. The van der Waals surface area contributed by atoms with Crippen LogP contribution in [0.4, 0.5) is 22.0 Å². The van der Waals surface area contributed by atoms with Gasteiger partial charge in [-0.3, -0.25) is 9.97 Å². The molecule has 0 saturated carbocycles. The fourth-order valence-corrected chi connectivity index (χ4v) is 3.15. The number of thiazole rings is 1. The van der Waals surface area contributed by atoms with Gasteiger partial charge in [0.15, 0.2) is 0 Å². The van der Waals surface area contributed by atoms with Crippen LogP contribution in [0.3, 0.4) is 0 Å². The molecule has 9 heteroatoms. The second kappa shape index (κ2) is 8.05.